The third kappa shape index (κ3) is 3.34. The van der Waals surface area contributed by atoms with Crippen LogP contribution < -0.4 is 10.1 Å². The van der Waals surface area contributed by atoms with Crippen molar-refractivity contribution in [2.75, 3.05) is 5.23 Å². The van der Waals surface area contributed by atoms with Crippen LogP contribution in [0.25, 0.3) is 0 Å². The van der Waals surface area contributed by atoms with E-state index in [0.717, 1.165) is 18.2 Å². The van der Waals surface area contributed by atoms with Crippen LogP contribution in [0.15, 0.2) is 48.5 Å². The van der Waals surface area contributed by atoms with Crippen molar-refractivity contribution in [2.45, 2.75) is 6.18 Å². The summed E-state index contributed by atoms with van der Waals surface area (Å²) >= 11 is 5.70. The van der Waals surface area contributed by atoms with Gasteiger partial charge in [0.05, 0.1) is 10.6 Å². The van der Waals surface area contributed by atoms with Crippen LogP contribution in [0.2, 0.25) is 5.02 Å². The van der Waals surface area contributed by atoms with Crippen LogP contribution in [0.5, 0.6) is 5.75 Å². The predicted octanol–water partition coefficient (Wildman–Crippen LogP) is 4.55. The third-order valence-corrected chi connectivity index (χ3v) is 2.72. The molecule has 0 aliphatic rings. The Morgan fingerprint density at radius 1 is 1.05 bits per heavy atom. The average molecular weight is 304 g/mol. The van der Waals surface area contributed by atoms with Gasteiger partial charge in [0.25, 0.3) is 0 Å². The van der Waals surface area contributed by atoms with Gasteiger partial charge in [-0.1, -0.05) is 35.0 Å². The Morgan fingerprint density at radius 2 is 1.70 bits per heavy atom. The second-order valence-electron chi connectivity index (χ2n) is 3.84. The fourth-order valence-corrected chi connectivity index (χ4v) is 1.67. The van der Waals surface area contributed by atoms with Gasteiger partial charge in [0.1, 0.15) is 5.69 Å². The fourth-order valence-electron chi connectivity index (χ4n) is 1.45. The molecule has 0 heterocycles. The maximum Gasteiger partial charge on any atom is 0.416 e. The van der Waals surface area contributed by atoms with Crippen molar-refractivity contribution in [3.8, 4) is 5.75 Å². The number of benzene rings is 2. The summed E-state index contributed by atoms with van der Waals surface area (Å²) in [6, 6.07) is 10.8. The van der Waals surface area contributed by atoms with Gasteiger partial charge < -0.3 is 4.84 Å². The maximum atomic E-state index is 12.5. The number of nitrogens with zero attached hydrogens (tertiary/aromatic N) is 1. The normalized spacial score (nSPS) is 11.2. The molecule has 0 aliphatic carbocycles. The third-order valence-electron chi connectivity index (χ3n) is 2.42. The van der Waals surface area contributed by atoms with Gasteiger partial charge in [-0.2, -0.15) is 13.2 Å². The first-order chi connectivity index (χ1) is 9.38. The molecule has 1 N–H and O–H groups in total. The van der Waals surface area contributed by atoms with E-state index in [-0.39, 0.29) is 10.8 Å². The molecule has 2 rings (SSSR count). The van der Waals surface area contributed by atoms with E-state index in [1.165, 1.54) is 0 Å². The highest BCUT2D eigenvalue weighted by Crippen LogP contribution is 2.35. The van der Waals surface area contributed by atoms with Gasteiger partial charge in [0.2, 0.25) is 0 Å². The molecule has 0 unspecified atom stereocenters. The molecule has 0 fully saturated rings. The van der Waals surface area contributed by atoms with Gasteiger partial charge in [-0.3, -0.25) is 5.21 Å². The molecule has 0 atom stereocenters. The average Bonchev–Trinajstić information content (AvgIpc) is 2.41. The van der Waals surface area contributed by atoms with Gasteiger partial charge in [-0.25, -0.2) is 0 Å². The highest BCUT2D eigenvalue weighted by atomic mass is 35.5. The van der Waals surface area contributed by atoms with Crippen LogP contribution >= 0.6 is 11.6 Å². The van der Waals surface area contributed by atoms with Gasteiger partial charge in [0.15, 0.2) is 5.75 Å². The molecule has 3 nitrogen and oxygen atoms in total. The van der Waals surface area contributed by atoms with E-state index in [9.17, 15) is 18.4 Å². The van der Waals surface area contributed by atoms with Crippen LogP contribution in [0.4, 0.5) is 18.9 Å². The van der Waals surface area contributed by atoms with E-state index in [4.69, 9.17) is 16.4 Å². The van der Waals surface area contributed by atoms with E-state index in [2.05, 4.69) is 0 Å². The summed E-state index contributed by atoms with van der Waals surface area (Å²) in [6.45, 7) is 0. The molecule has 2 aromatic carbocycles. The second-order valence-corrected chi connectivity index (χ2v) is 4.25. The highest BCUT2D eigenvalue weighted by molar-refractivity contribution is 6.32. The number of halogens is 4. The molecule has 7 heteroatoms. The zero-order valence-corrected chi connectivity index (χ0v) is 10.7. The van der Waals surface area contributed by atoms with Crippen LogP contribution in [0.3, 0.4) is 0 Å². The Kier molecular flexibility index (Phi) is 4.06. The summed E-state index contributed by atoms with van der Waals surface area (Å²) < 4.78 is 37.4. The first-order valence-electron chi connectivity index (χ1n) is 5.46. The van der Waals surface area contributed by atoms with E-state index >= 15 is 0 Å². The number of rotatable bonds is 3. The van der Waals surface area contributed by atoms with E-state index in [1.54, 1.807) is 30.3 Å². The first-order valence-corrected chi connectivity index (χ1v) is 5.84. The van der Waals surface area contributed by atoms with Gasteiger partial charge >= 0.3 is 6.18 Å². The molecular weight excluding hydrogens is 295 g/mol. The number of hydrogen-bond donors (Lipinski definition) is 1. The largest absolute Gasteiger partial charge is 0.416 e. The molecule has 0 aliphatic heterocycles. The zero-order chi connectivity index (χ0) is 14.8. The highest BCUT2D eigenvalue weighted by Gasteiger charge is 2.31. The molecule has 0 bridgehead atoms. The van der Waals surface area contributed by atoms with E-state index in [0.29, 0.717) is 10.9 Å². The Morgan fingerprint density at radius 3 is 2.25 bits per heavy atom. The maximum absolute atomic E-state index is 12.5. The smallest absolute Gasteiger partial charge is 0.352 e. The van der Waals surface area contributed by atoms with Crippen molar-refractivity contribution in [3.05, 3.63) is 59.1 Å². The lowest BCUT2D eigenvalue weighted by Gasteiger charge is -2.18. The molecule has 0 saturated carbocycles. The second kappa shape index (κ2) is 5.60. The van der Waals surface area contributed by atoms with Gasteiger partial charge in [-0.05, 0) is 30.3 Å². The van der Waals surface area contributed by atoms with Gasteiger partial charge in [0, 0.05) is 0 Å². The monoisotopic (exact) mass is 303 g/mol. The number of hydrogen-bond acceptors (Lipinski definition) is 3. The summed E-state index contributed by atoms with van der Waals surface area (Å²) in [5, 5.41) is 9.83. The van der Waals surface area contributed by atoms with Crippen molar-refractivity contribution in [2.24, 2.45) is 0 Å². The van der Waals surface area contributed by atoms with Crippen molar-refractivity contribution in [1.82, 2.24) is 0 Å². The Hall–Kier alpha value is -1.92. The van der Waals surface area contributed by atoms with E-state index < -0.39 is 11.7 Å². The van der Waals surface area contributed by atoms with E-state index in [1.807, 2.05) is 0 Å². The molecule has 20 heavy (non-hydrogen) atoms. The van der Waals surface area contributed by atoms with Gasteiger partial charge in [-0.15, -0.1) is 0 Å². The Bertz CT molecular complexity index is 590. The summed E-state index contributed by atoms with van der Waals surface area (Å²) in [6.07, 6.45) is -4.49. The van der Waals surface area contributed by atoms with Crippen LogP contribution in [0.1, 0.15) is 5.56 Å². The van der Waals surface area contributed by atoms with Crippen LogP contribution in [-0.4, -0.2) is 5.21 Å². The van der Waals surface area contributed by atoms with Crippen molar-refractivity contribution in [1.29, 1.82) is 0 Å². The van der Waals surface area contributed by atoms with Crippen molar-refractivity contribution in [3.63, 3.8) is 0 Å². The molecule has 106 valence electrons. The summed E-state index contributed by atoms with van der Waals surface area (Å²) in [4.78, 5) is 4.99. The lowest BCUT2D eigenvalue weighted by molar-refractivity contribution is -0.137. The number of anilines is 1. The molecule has 2 aromatic rings. The van der Waals surface area contributed by atoms with Crippen LogP contribution in [-0.2, 0) is 6.18 Å². The molecule has 0 radical (unpaired) electrons. The molecule has 0 saturated heterocycles. The minimum atomic E-state index is -4.49. The number of alkyl halides is 3. The zero-order valence-electron chi connectivity index (χ0n) is 9.93. The molecule has 0 spiro atoms. The number of para-hydroxylation sites is 1. The summed E-state index contributed by atoms with van der Waals surface area (Å²) in [7, 11) is 0. The Labute approximate surface area is 117 Å². The first kappa shape index (κ1) is 14.5. The lowest BCUT2D eigenvalue weighted by atomic mass is 10.2. The minimum absolute atomic E-state index is 0.0916. The topological polar surface area (TPSA) is 32.7 Å². The summed E-state index contributed by atoms with van der Waals surface area (Å²) in [5.74, 6) is -0.0916. The quantitative estimate of drug-likeness (QED) is 0.844. The lowest BCUT2D eigenvalue weighted by Crippen LogP contribution is -2.22. The minimum Gasteiger partial charge on any atom is -0.352 e. The standard InChI is InChI=1S/C13H9ClF3NO2/c14-11-8-9(13(15,16)17)6-7-12(11)20-18(19)10-4-2-1-3-5-10/h1-8,19H. The predicted molar refractivity (Wildman–Crippen MR) is 67.8 cm³/mol. The van der Waals surface area contributed by atoms with Crippen molar-refractivity contribution < 1.29 is 23.2 Å². The molecule has 0 amide bonds. The van der Waals surface area contributed by atoms with Crippen molar-refractivity contribution >= 4 is 17.3 Å². The van der Waals surface area contributed by atoms with Crippen LogP contribution in [0, 0.1) is 0 Å². The Balaban J connectivity index is 2.18. The summed E-state index contributed by atoms with van der Waals surface area (Å²) in [5.41, 5.74) is -0.581. The fraction of sp³-hybridized carbons (Fsp3) is 0.0769. The SMILES string of the molecule is ON(Oc1ccc(C(F)(F)F)cc1Cl)c1ccccc1. The molecule has 0 aromatic heterocycles. The molecular formula is C13H9ClF3NO2.